The number of pyridine rings is 3. The van der Waals surface area contributed by atoms with Gasteiger partial charge in [0.05, 0.1) is 29.4 Å². The lowest BCUT2D eigenvalue weighted by molar-refractivity contribution is 0.0285. The van der Waals surface area contributed by atoms with Crippen LogP contribution in [-0.4, -0.2) is 55.9 Å². The van der Waals surface area contributed by atoms with E-state index in [-0.39, 0.29) is 12.7 Å². The van der Waals surface area contributed by atoms with Gasteiger partial charge in [-0.1, -0.05) is 0 Å². The smallest absolute Gasteiger partial charge is 0.145 e. The third kappa shape index (κ3) is 6.10. The second kappa shape index (κ2) is 10.9. The highest BCUT2D eigenvalue weighted by molar-refractivity contribution is 5.68. The van der Waals surface area contributed by atoms with Crippen molar-refractivity contribution in [2.24, 2.45) is 0 Å². The zero-order valence-corrected chi connectivity index (χ0v) is 22.2. The van der Waals surface area contributed by atoms with E-state index in [1.165, 1.54) is 13.1 Å². The molecule has 0 amide bonds. The first-order chi connectivity index (χ1) is 18.7. The molecule has 39 heavy (non-hydrogen) atoms. The van der Waals surface area contributed by atoms with Crippen molar-refractivity contribution in [1.82, 2.24) is 19.4 Å². The highest BCUT2D eigenvalue weighted by Gasteiger charge is 2.22. The Morgan fingerprint density at radius 1 is 1.08 bits per heavy atom. The minimum atomic E-state index is -1.10. The first-order valence-electron chi connectivity index (χ1n) is 12.9. The molecule has 0 spiro atoms. The third-order valence-corrected chi connectivity index (χ3v) is 6.57. The van der Waals surface area contributed by atoms with Gasteiger partial charge in [-0.15, -0.1) is 0 Å². The number of anilines is 1. The van der Waals surface area contributed by atoms with E-state index >= 15 is 0 Å². The zero-order chi connectivity index (χ0) is 27.6. The van der Waals surface area contributed by atoms with Crippen LogP contribution in [-0.2, 0) is 0 Å². The van der Waals surface area contributed by atoms with E-state index in [9.17, 15) is 14.8 Å². The first-order valence-corrected chi connectivity index (χ1v) is 12.9. The van der Waals surface area contributed by atoms with Gasteiger partial charge in [0.25, 0.3) is 0 Å². The lowest BCUT2D eigenvalue weighted by Crippen LogP contribution is -2.38. The first kappa shape index (κ1) is 26.4. The summed E-state index contributed by atoms with van der Waals surface area (Å²) < 4.78 is 27.0. The van der Waals surface area contributed by atoms with Gasteiger partial charge in [0.1, 0.15) is 53.6 Å². The molecule has 0 bridgehead atoms. The molecule has 5 heterocycles. The van der Waals surface area contributed by atoms with Crippen LogP contribution in [0.2, 0.25) is 0 Å². The molecule has 1 aliphatic rings. The largest absolute Gasteiger partial charge is 0.490 e. The molecule has 0 aromatic carbocycles. The van der Waals surface area contributed by atoms with E-state index in [2.05, 4.69) is 20.9 Å². The van der Waals surface area contributed by atoms with Crippen LogP contribution < -0.4 is 14.4 Å². The van der Waals surface area contributed by atoms with Gasteiger partial charge in [-0.3, -0.25) is 9.38 Å². The summed E-state index contributed by atoms with van der Waals surface area (Å²) in [6.07, 6.45) is 5.50. The number of aliphatic hydroxyl groups is 1. The summed E-state index contributed by atoms with van der Waals surface area (Å²) in [6, 6.07) is 13.1. The summed E-state index contributed by atoms with van der Waals surface area (Å²) in [5.41, 5.74) is 1.92. The van der Waals surface area contributed by atoms with Gasteiger partial charge in [-0.2, -0.15) is 5.26 Å². The van der Waals surface area contributed by atoms with E-state index in [0.717, 1.165) is 43.0 Å². The third-order valence-electron chi connectivity index (χ3n) is 6.57. The molecule has 0 radical (unpaired) electrons. The summed E-state index contributed by atoms with van der Waals surface area (Å²) in [5.74, 6) is 2.05. The number of hydrogen-bond acceptors (Lipinski definition) is 8. The molecule has 1 aliphatic heterocycles. The molecule has 1 unspecified atom stereocenters. The molecule has 4 aromatic heterocycles. The van der Waals surface area contributed by atoms with Crippen molar-refractivity contribution in [1.29, 1.82) is 5.26 Å². The standard InChI is InChI=1S/C29H31FN6O3/c1-19(30)25-6-5-23(17-32-25)39-22-8-10-35(11-9-22)27-7-4-20(15-33-27)26-12-24(38-18-29(2,3)37)13-28-34-16-21(14-31)36(26)28/h4-7,12-13,15-17,19,22,37H,8-11,18H2,1-3H3. The fourth-order valence-corrected chi connectivity index (χ4v) is 4.54. The summed E-state index contributed by atoms with van der Waals surface area (Å²) in [7, 11) is 0. The Kier molecular flexibility index (Phi) is 7.35. The van der Waals surface area contributed by atoms with Crippen LogP contribution in [0.25, 0.3) is 16.9 Å². The van der Waals surface area contributed by atoms with Gasteiger partial charge < -0.3 is 19.5 Å². The maximum absolute atomic E-state index is 13.4. The SMILES string of the molecule is CC(F)c1ccc(OC2CCN(c3ccc(-c4cc(OCC(C)(C)O)cc5ncc(C#N)n45)cn3)CC2)cn1. The molecule has 202 valence electrons. The van der Waals surface area contributed by atoms with Crippen LogP contribution in [0.3, 0.4) is 0 Å². The van der Waals surface area contributed by atoms with E-state index in [1.807, 2.05) is 18.2 Å². The molecule has 1 atom stereocenters. The lowest BCUT2D eigenvalue weighted by atomic mass is 10.1. The number of imidazole rings is 1. The van der Waals surface area contributed by atoms with E-state index in [1.54, 1.807) is 48.8 Å². The normalized spacial score (nSPS) is 15.2. The quantitative estimate of drug-likeness (QED) is 0.343. The van der Waals surface area contributed by atoms with Crippen LogP contribution in [0.1, 0.15) is 51.2 Å². The summed E-state index contributed by atoms with van der Waals surface area (Å²) >= 11 is 0. The lowest BCUT2D eigenvalue weighted by Gasteiger charge is -2.33. The van der Waals surface area contributed by atoms with Crippen molar-refractivity contribution in [3.8, 4) is 28.8 Å². The molecule has 1 fully saturated rings. The number of piperidine rings is 1. The highest BCUT2D eigenvalue weighted by Crippen LogP contribution is 2.30. The van der Waals surface area contributed by atoms with Crippen LogP contribution in [0.5, 0.6) is 11.5 Å². The summed E-state index contributed by atoms with van der Waals surface area (Å²) in [4.78, 5) is 15.4. The van der Waals surface area contributed by atoms with Crippen molar-refractivity contribution in [2.45, 2.75) is 51.5 Å². The van der Waals surface area contributed by atoms with Crippen molar-refractivity contribution >= 4 is 11.5 Å². The van der Waals surface area contributed by atoms with Crippen molar-refractivity contribution < 1.29 is 19.0 Å². The Balaban J connectivity index is 1.29. The van der Waals surface area contributed by atoms with Crippen LogP contribution >= 0.6 is 0 Å². The average Bonchev–Trinajstić information content (AvgIpc) is 3.35. The second-order valence-electron chi connectivity index (χ2n) is 10.4. The minimum Gasteiger partial charge on any atom is -0.490 e. The van der Waals surface area contributed by atoms with Gasteiger partial charge in [-0.25, -0.2) is 14.4 Å². The van der Waals surface area contributed by atoms with Crippen molar-refractivity contribution in [3.63, 3.8) is 0 Å². The number of fused-ring (bicyclic) bond motifs is 1. The molecule has 10 heteroatoms. The van der Waals surface area contributed by atoms with Crippen molar-refractivity contribution in [2.75, 3.05) is 24.6 Å². The Morgan fingerprint density at radius 2 is 1.87 bits per heavy atom. The summed E-state index contributed by atoms with van der Waals surface area (Å²) in [6.45, 7) is 6.51. The second-order valence-corrected chi connectivity index (χ2v) is 10.4. The molecule has 1 N–H and O–H groups in total. The molecule has 1 saturated heterocycles. The number of hydrogen-bond donors (Lipinski definition) is 1. The van der Waals surface area contributed by atoms with Gasteiger partial charge in [0.15, 0.2) is 0 Å². The minimum absolute atomic E-state index is 0.0570. The highest BCUT2D eigenvalue weighted by atomic mass is 19.1. The Labute approximate surface area is 226 Å². The van der Waals surface area contributed by atoms with Gasteiger partial charge >= 0.3 is 0 Å². The van der Waals surface area contributed by atoms with Crippen molar-refractivity contribution in [3.05, 3.63) is 66.4 Å². The zero-order valence-electron chi connectivity index (χ0n) is 22.2. The number of aromatic nitrogens is 4. The predicted octanol–water partition coefficient (Wildman–Crippen LogP) is 4.89. The Morgan fingerprint density at radius 3 is 2.49 bits per heavy atom. The van der Waals surface area contributed by atoms with E-state index in [4.69, 9.17) is 14.5 Å². The maximum Gasteiger partial charge on any atom is 0.145 e. The van der Waals surface area contributed by atoms with E-state index < -0.39 is 11.8 Å². The summed E-state index contributed by atoms with van der Waals surface area (Å²) in [5, 5.41) is 19.7. The Hall–Kier alpha value is -4.23. The molecule has 9 nitrogen and oxygen atoms in total. The molecule has 4 aromatic rings. The van der Waals surface area contributed by atoms with Crippen LogP contribution in [0, 0.1) is 11.3 Å². The molecule has 5 rings (SSSR count). The number of halogens is 1. The molecular weight excluding hydrogens is 499 g/mol. The number of nitrogens with zero attached hydrogens (tertiary/aromatic N) is 6. The number of ether oxygens (including phenoxy) is 2. The monoisotopic (exact) mass is 530 g/mol. The van der Waals surface area contributed by atoms with Crippen LogP contribution in [0.4, 0.5) is 10.2 Å². The average molecular weight is 531 g/mol. The van der Waals surface area contributed by atoms with Gasteiger partial charge in [-0.05, 0) is 45.0 Å². The molecule has 0 aliphatic carbocycles. The van der Waals surface area contributed by atoms with Crippen LogP contribution in [0.15, 0.2) is 55.0 Å². The Bertz CT molecular complexity index is 1460. The number of rotatable bonds is 8. The number of nitriles is 1. The fourth-order valence-electron chi connectivity index (χ4n) is 4.54. The van der Waals surface area contributed by atoms with Gasteiger partial charge in [0, 0.05) is 49.8 Å². The molecule has 0 saturated carbocycles. The predicted molar refractivity (Wildman–Crippen MR) is 145 cm³/mol. The maximum atomic E-state index is 13.4. The topological polar surface area (TPSA) is 109 Å². The fraction of sp³-hybridized carbons (Fsp3) is 0.379. The van der Waals surface area contributed by atoms with E-state index in [0.29, 0.717) is 28.5 Å². The molecular formula is C29H31FN6O3. The van der Waals surface area contributed by atoms with Gasteiger partial charge in [0.2, 0.25) is 0 Å². The number of alkyl halides is 1.